The standard InChI is InChI=1S/C38H54BrN3O2/c1-25(13-9-15-27(3)24-43)11-8-12-26(2)14-10-16-32-37(6)23-30-33(28-17-19-29(39)20-18-28)41-35(40)42-34(30)36(4,5)31(37)21-22-38(32,7)44/h11,14-15,17-20,31-32,43-44H,8-10,12-13,16,21-24H2,1-7H3,(H2,40,41,42)/b25-11+,26-14+,27-15+/t31-,32+,37-,38+/m0/s1. The lowest BCUT2D eigenvalue weighted by Crippen LogP contribution is -2.60. The molecular weight excluding hydrogens is 610 g/mol. The van der Waals surface area contributed by atoms with Crippen molar-refractivity contribution in [3.63, 3.8) is 0 Å². The van der Waals surface area contributed by atoms with Gasteiger partial charge < -0.3 is 15.9 Å². The molecule has 6 heteroatoms. The molecule has 4 atom stereocenters. The third-order valence-corrected chi connectivity index (χ3v) is 11.3. The third-order valence-electron chi connectivity index (χ3n) is 10.7. The quantitative estimate of drug-likeness (QED) is 0.208. The Morgan fingerprint density at radius 3 is 2.14 bits per heavy atom. The summed E-state index contributed by atoms with van der Waals surface area (Å²) in [5.41, 5.74) is 13.4. The molecule has 1 aromatic carbocycles. The van der Waals surface area contributed by atoms with Crippen LogP contribution in [0.2, 0.25) is 0 Å². The van der Waals surface area contributed by atoms with Gasteiger partial charge in [0.15, 0.2) is 0 Å². The monoisotopic (exact) mass is 663 g/mol. The number of benzene rings is 1. The van der Waals surface area contributed by atoms with Crippen molar-refractivity contribution in [2.24, 2.45) is 17.3 Å². The summed E-state index contributed by atoms with van der Waals surface area (Å²) in [6, 6.07) is 8.30. The number of allylic oxidation sites excluding steroid dienone is 5. The van der Waals surface area contributed by atoms with Gasteiger partial charge in [0.2, 0.25) is 5.95 Å². The van der Waals surface area contributed by atoms with Gasteiger partial charge in [-0.15, -0.1) is 0 Å². The number of aliphatic hydroxyl groups is 2. The van der Waals surface area contributed by atoms with E-state index in [4.69, 9.17) is 15.7 Å². The molecule has 1 heterocycles. The van der Waals surface area contributed by atoms with Gasteiger partial charge in [-0.3, -0.25) is 0 Å². The molecule has 0 saturated heterocycles. The Morgan fingerprint density at radius 1 is 0.932 bits per heavy atom. The molecule has 0 aliphatic heterocycles. The molecule has 2 aliphatic carbocycles. The van der Waals surface area contributed by atoms with Gasteiger partial charge in [0, 0.05) is 21.0 Å². The minimum Gasteiger partial charge on any atom is -0.392 e. The molecule has 44 heavy (non-hydrogen) atoms. The Kier molecular flexibility index (Phi) is 11.0. The van der Waals surface area contributed by atoms with Crippen molar-refractivity contribution in [2.45, 2.75) is 117 Å². The molecule has 2 aromatic rings. The third kappa shape index (κ3) is 7.57. The van der Waals surface area contributed by atoms with Gasteiger partial charge >= 0.3 is 0 Å². The summed E-state index contributed by atoms with van der Waals surface area (Å²) < 4.78 is 1.03. The fourth-order valence-electron chi connectivity index (χ4n) is 8.42. The summed E-state index contributed by atoms with van der Waals surface area (Å²) in [5, 5.41) is 21.1. The highest BCUT2D eigenvalue weighted by atomic mass is 79.9. The normalized spacial score (nSPS) is 27.2. The molecule has 0 unspecified atom stereocenters. The summed E-state index contributed by atoms with van der Waals surface area (Å²) in [6.45, 7) is 15.7. The van der Waals surface area contributed by atoms with Crippen molar-refractivity contribution in [3.8, 4) is 11.3 Å². The topological polar surface area (TPSA) is 92.3 Å². The van der Waals surface area contributed by atoms with E-state index in [9.17, 15) is 10.2 Å². The Bertz CT molecular complexity index is 1410. The van der Waals surface area contributed by atoms with E-state index in [1.807, 2.05) is 6.92 Å². The van der Waals surface area contributed by atoms with E-state index >= 15 is 0 Å². The predicted octanol–water partition coefficient (Wildman–Crippen LogP) is 9.28. The van der Waals surface area contributed by atoms with Crippen LogP contribution in [0, 0.1) is 17.3 Å². The lowest BCUT2D eigenvalue weighted by atomic mass is 9.44. The maximum absolute atomic E-state index is 11.9. The number of nitrogens with zero attached hydrogens (tertiary/aromatic N) is 2. The lowest BCUT2D eigenvalue weighted by molar-refractivity contribution is -0.144. The number of hydrogen-bond acceptors (Lipinski definition) is 5. The Balaban J connectivity index is 1.54. The fraction of sp³-hybridized carbons (Fsp3) is 0.579. The molecule has 1 fully saturated rings. The van der Waals surface area contributed by atoms with Crippen LogP contribution in [-0.4, -0.2) is 32.4 Å². The van der Waals surface area contributed by atoms with Crippen molar-refractivity contribution >= 4 is 21.9 Å². The molecule has 1 aromatic heterocycles. The molecule has 0 amide bonds. The first-order chi connectivity index (χ1) is 20.7. The second-order valence-corrected chi connectivity index (χ2v) is 15.5. The molecule has 4 N–H and O–H groups in total. The average molecular weight is 665 g/mol. The highest BCUT2D eigenvalue weighted by molar-refractivity contribution is 9.10. The number of aliphatic hydroxyl groups excluding tert-OH is 1. The molecule has 1 saturated carbocycles. The lowest BCUT2D eigenvalue weighted by Gasteiger charge is -2.61. The van der Waals surface area contributed by atoms with Gasteiger partial charge in [-0.25, -0.2) is 9.97 Å². The van der Waals surface area contributed by atoms with Crippen LogP contribution in [0.15, 0.2) is 63.7 Å². The van der Waals surface area contributed by atoms with Crippen LogP contribution in [0.5, 0.6) is 0 Å². The van der Waals surface area contributed by atoms with Crippen LogP contribution >= 0.6 is 15.9 Å². The minimum absolute atomic E-state index is 0.105. The number of nitrogen functional groups attached to an aromatic ring is 1. The Hall–Kier alpha value is -2.28. The number of rotatable bonds is 11. The zero-order chi connectivity index (χ0) is 32.3. The maximum Gasteiger partial charge on any atom is 0.220 e. The first-order valence-electron chi connectivity index (χ1n) is 16.4. The Labute approximate surface area is 274 Å². The first kappa shape index (κ1) is 34.6. The van der Waals surface area contributed by atoms with Crippen LogP contribution in [-0.2, 0) is 11.8 Å². The maximum atomic E-state index is 11.9. The highest BCUT2D eigenvalue weighted by Gasteiger charge is 2.60. The van der Waals surface area contributed by atoms with Crippen molar-refractivity contribution < 1.29 is 10.2 Å². The molecule has 0 spiro atoms. The average Bonchev–Trinajstić information content (AvgIpc) is 2.95. The molecule has 4 rings (SSSR count). The van der Waals surface area contributed by atoms with Gasteiger partial charge in [0.05, 0.1) is 23.6 Å². The van der Waals surface area contributed by atoms with Crippen LogP contribution in [0.1, 0.15) is 111 Å². The molecule has 0 radical (unpaired) electrons. The van der Waals surface area contributed by atoms with Gasteiger partial charge in [0.25, 0.3) is 0 Å². The van der Waals surface area contributed by atoms with Crippen molar-refractivity contribution in [2.75, 3.05) is 12.3 Å². The van der Waals surface area contributed by atoms with E-state index in [0.717, 1.165) is 84.8 Å². The largest absolute Gasteiger partial charge is 0.392 e. The van der Waals surface area contributed by atoms with Crippen molar-refractivity contribution in [1.82, 2.24) is 9.97 Å². The zero-order valence-electron chi connectivity index (χ0n) is 28.0. The number of nitrogens with two attached hydrogens (primary N) is 1. The van der Waals surface area contributed by atoms with E-state index in [0.29, 0.717) is 11.9 Å². The van der Waals surface area contributed by atoms with Crippen LogP contribution in [0.4, 0.5) is 5.95 Å². The number of hydrogen-bond donors (Lipinski definition) is 3. The first-order valence-corrected chi connectivity index (χ1v) is 17.2. The van der Waals surface area contributed by atoms with Gasteiger partial charge in [-0.1, -0.05) is 83.8 Å². The van der Waals surface area contributed by atoms with E-state index < -0.39 is 5.60 Å². The smallest absolute Gasteiger partial charge is 0.220 e. The van der Waals surface area contributed by atoms with Crippen LogP contribution in [0.25, 0.3) is 11.3 Å². The zero-order valence-corrected chi connectivity index (χ0v) is 29.6. The fourth-order valence-corrected chi connectivity index (χ4v) is 8.68. The summed E-state index contributed by atoms with van der Waals surface area (Å²) in [6.07, 6.45) is 15.5. The minimum atomic E-state index is -0.726. The number of halogens is 1. The molecule has 240 valence electrons. The van der Waals surface area contributed by atoms with Crippen molar-refractivity contribution in [1.29, 1.82) is 0 Å². The summed E-state index contributed by atoms with van der Waals surface area (Å²) in [7, 11) is 0. The molecular formula is C38H54BrN3O2. The second-order valence-electron chi connectivity index (χ2n) is 14.6. The predicted molar refractivity (Wildman–Crippen MR) is 187 cm³/mol. The van der Waals surface area contributed by atoms with Crippen LogP contribution in [0.3, 0.4) is 0 Å². The second kappa shape index (κ2) is 14.0. The highest BCUT2D eigenvalue weighted by Crippen LogP contribution is 2.62. The molecule has 2 aliphatic rings. The number of aromatic nitrogens is 2. The van der Waals surface area contributed by atoms with Gasteiger partial charge in [-0.05, 0) is 115 Å². The molecule has 0 bridgehead atoms. The number of anilines is 1. The van der Waals surface area contributed by atoms with E-state index in [1.165, 1.54) is 16.7 Å². The van der Waals surface area contributed by atoms with Gasteiger partial charge in [0.1, 0.15) is 0 Å². The summed E-state index contributed by atoms with van der Waals surface area (Å²) >= 11 is 3.57. The molecule has 5 nitrogen and oxygen atoms in total. The van der Waals surface area contributed by atoms with Gasteiger partial charge in [-0.2, -0.15) is 0 Å². The SMILES string of the molecule is C/C(=C\CC/C(C)=C/CC/C(C)=C/CC[C@@H]1[C@@]2(C)Cc3c(-c4ccc(Br)cc4)nc(N)nc3C(C)(C)[C@@H]2CC[C@@]1(C)O)CO. The van der Waals surface area contributed by atoms with E-state index in [1.54, 1.807) is 0 Å². The number of fused-ring (bicyclic) bond motifs is 2. The van der Waals surface area contributed by atoms with Crippen molar-refractivity contribution in [3.05, 3.63) is 74.9 Å². The van der Waals surface area contributed by atoms with E-state index in [-0.39, 0.29) is 23.4 Å². The van der Waals surface area contributed by atoms with E-state index in [2.05, 4.69) is 100.0 Å². The van der Waals surface area contributed by atoms with Crippen LogP contribution < -0.4 is 5.73 Å². The summed E-state index contributed by atoms with van der Waals surface area (Å²) in [5.74, 6) is 0.865. The Morgan fingerprint density at radius 2 is 1.52 bits per heavy atom. The summed E-state index contributed by atoms with van der Waals surface area (Å²) in [4.78, 5) is 9.67.